The van der Waals surface area contributed by atoms with E-state index in [2.05, 4.69) is 340 Å². The minimum atomic E-state index is 0.701. The fourth-order valence-electron chi connectivity index (χ4n) is 15.9. The van der Waals surface area contributed by atoms with Gasteiger partial charge in [-0.2, -0.15) is 0 Å². The average molecular weight is 1340 g/mol. The van der Waals surface area contributed by atoms with Crippen molar-refractivity contribution in [1.29, 1.82) is 0 Å². The Balaban J connectivity index is 0.000000133. The Kier molecular flexibility index (Phi) is 13.2. The van der Waals surface area contributed by atoms with Crippen LogP contribution in [0.25, 0.3) is 196 Å². The monoisotopic (exact) mass is 1340 g/mol. The van der Waals surface area contributed by atoms with Crippen molar-refractivity contribution in [2.75, 3.05) is 0 Å². The maximum Gasteiger partial charge on any atom is 0.162 e. The van der Waals surface area contributed by atoms with Crippen molar-refractivity contribution in [3.05, 3.63) is 346 Å². The Bertz CT molecular complexity index is 6580. The van der Waals surface area contributed by atoms with Gasteiger partial charge in [0.05, 0.1) is 55.5 Å². The predicted octanol–water partition coefficient (Wildman–Crippen LogP) is 25.4. The van der Waals surface area contributed by atoms with Gasteiger partial charge in [0, 0.05) is 118 Å². The van der Waals surface area contributed by atoms with Gasteiger partial charge in [0.25, 0.3) is 0 Å². The number of hydrogen-bond acceptors (Lipinski definition) is 5. The maximum atomic E-state index is 5.33. The van der Waals surface area contributed by atoms with Crippen LogP contribution in [0.5, 0.6) is 0 Å². The Hall–Kier alpha value is -13.1. The van der Waals surface area contributed by atoms with Crippen molar-refractivity contribution in [3.8, 4) is 68.0 Å². The highest BCUT2D eigenvalue weighted by Crippen LogP contribution is 2.47. The molecular formula is C93H57N7S2. The van der Waals surface area contributed by atoms with Crippen LogP contribution in [0.15, 0.2) is 346 Å². The molecule has 22 rings (SSSR count). The first-order valence-corrected chi connectivity index (χ1v) is 36.1. The largest absolute Gasteiger partial charge is 0.309 e. The first-order chi connectivity index (χ1) is 50.6. The van der Waals surface area contributed by atoms with Crippen LogP contribution in [-0.4, -0.2) is 33.2 Å². The molecule has 0 aliphatic carbocycles. The van der Waals surface area contributed by atoms with Gasteiger partial charge in [-0.3, -0.25) is 9.13 Å². The van der Waals surface area contributed by atoms with Crippen LogP contribution >= 0.6 is 22.7 Å². The van der Waals surface area contributed by atoms with Crippen LogP contribution in [0, 0.1) is 0 Å². The standard InChI is InChI=1S/C47H29N3S.C46H28N4S/c1-3-13-30(14-4-1)32-27-39(31-15-5-2-6-16-31)48-45(28-32)50-40-20-10-7-17-34(40)38-29-33(23-25-42(38)50)49-41-21-11-8-19-37(41)46-43(49)26-24-36-35-18-9-12-22-44(35)51-47(36)46;1-3-13-29(14-4-1)37-28-43(48-46(47-37)30-15-5-2-6-16-30)50-38-20-10-7-17-32(38)36-27-31(23-25-40(36)50)49-39-21-11-8-19-35(39)44-41(49)26-24-34-33-18-9-12-22-42(33)51-45(34)44/h1-29H;1-28H. The molecule has 14 aromatic carbocycles. The summed E-state index contributed by atoms with van der Waals surface area (Å²) in [7, 11) is 0. The van der Waals surface area contributed by atoms with Gasteiger partial charge in [0.2, 0.25) is 0 Å². The lowest BCUT2D eigenvalue weighted by molar-refractivity contribution is 1.05. The molecule has 0 saturated heterocycles. The van der Waals surface area contributed by atoms with E-state index in [4.69, 9.17) is 15.0 Å². The van der Waals surface area contributed by atoms with Gasteiger partial charge in [-0.05, 0) is 108 Å². The van der Waals surface area contributed by atoms with E-state index in [9.17, 15) is 0 Å². The highest BCUT2D eigenvalue weighted by molar-refractivity contribution is 7.27. The van der Waals surface area contributed by atoms with E-state index >= 15 is 0 Å². The summed E-state index contributed by atoms with van der Waals surface area (Å²) in [6.07, 6.45) is 0. The van der Waals surface area contributed by atoms with Crippen LogP contribution in [0.4, 0.5) is 0 Å². The number of nitrogens with zero attached hydrogens (tertiary/aromatic N) is 7. The summed E-state index contributed by atoms with van der Waals surface area (Å²) in [5.41, 5.74) is 18.9. The van der Waals surface area contributed by atoms with E-state index in [-0.39, 0.29) is 0 Å². The third-order valence-corrected chi connectivity index (χ3v) is 22.9. The summed E-state index contributed by atoms with van der Waals surface area (Å²) in [4.78, 5) is 15.6. The molecule has 0 saturated carbocycles. The van der Waals surface area contributed by atoms with Crippen molar-refractivity contribution < 1.29 is 0 Å². The number of benzene rings is 14. The Morgan fingerprint density at radius 3 is 1.05 bits per heavy atom. The first kappa shape index (κ1) is 58.0. The van der Waals surface area contributed by atoms with Crippen LogP contribution in [0.3, 0.4) is 0 Å². The van der Waals surface area contributed by atoms with Gasteiger partial charge in [0.15, 0.2) is 5.82 Å². The lowest BCUT2D eigenvalue weighted by Crippen LogP contribution is -2.02. The van der Waals surface area contributed by atoms with Crippen molar-refractivity contribution in [2.45, 2.75) is 0 Å². The van der Waals surface area contributed by atoms with Gasteiger partial charge in [-0.15, -0.1) is 22.7 Å². The molecule has 9 heteroatoms. The zero-order valence-electron chi connectivity index (χ0n) is 54.9. The molecule has 0 aliphatic heterocycles. The molecule has 0 bridgehead atoms. The molecule has 0 atom stereocenters. The van der Waals surface area contributed by atoms with E-state index in [1.54, 1.807) is 0 Å². The van der Waals surface area contributed by atoms with E-state index in [1.807, 2.05) is 46.9 Å². The van der Waals surface area contributed by atoms with Crippen LogP contribution < -0.4 is 0 Å². The van der Waals surface area contributed by atoms with E-state index in [1.165, 1.54) is 111 Å². The molecule has 0 unspecified atom stereocenters. The quantitative estimate of drug-likeness (QED) is 0.152. The van der Waals surface area contributed by atoms with Gasteiger partial charge < -0.3 is 9.13 Å². The normalized spacial score (nSPS) is 11.9. The third-order valence-electron chi connectivity index (χ3n) is 20.4. The number of pyridine rings is 1. The second kappa shape index (κ2) is 23.3. The summed E-state index contributed by atoms with van der Waals surface area (Å²) < 4.78 is 14.8. The minimum absolute atomic E-state index is 0.701. The topological polar surface area (TPSA) is 58.4 Å². The molecular weight excluding hydrogens is 1280 g/mol. The summed E-state index contributed by atoms with van der Waals surface area (Å²) in [6, 6.07) is 124. The smallest absolute Gasteiger partial charge is 0.162 e. The number of hydrogen-bond donors (Lipinski definition) is 0. The zero-order valence-corrected chi connectivity index (χ0v) is 56.5. The summed E-state index contributed by atoms with van der Waals surface area (Å²) in [6.45, 7) is 0. The lowest BCUT2D eigenvalue weighted by Gasteiger charge is -2.13. The number of para-hydroxylation sites is 4. The SMILES string of the molecule is c1ccc(-c2cc(-c3ccccc3)nc(-n3c4ccccc4c4cc(-n5c6ccccc6c6c7sc8ccccc8c7ccc65)ccc43)c2)cc1.c1ccc(-c2cc(-n3c4ccccc4c4cc(-n5c6ccccc6c6c7sc8ccccc8c7ccc65)ccc43)nc(-c3ccccc3)n2)cc1. The number of fused-ring (bicyclic) bond motifs is 20. The molecule has 8 aromatic heterocycles. The lowest BCUT2D eigenvalue weighted by atomic mass is 10.0. The van der Waals surface area contributed by atoms with Crippen molar-refractivity contribution in [1.82, 2.24) is 33.2 Å². The van der Waals surface area contributed by atoms with Crippen LogP contribution in [0.1, 0.15) is 0 Å². The summed E-state index contributed by atoms with van der Waals surface area (Å²) >= 11 is 3.79. The molecule has 0 spiro atoms. The Morgan fingerprint density at radius 2 is 0.569 bits per heavy atom. The van der Waals surface area contributed by atoms with Crippen LogP contribution in [0.2, 0.25) is 0 Å². The second-order valence-corrected chi connectivity index (χ2v) is 28.3. The van der Waals surface area contributed by atoms with Crippen molar-refractivity contribution in [2.24, 2.45) is 0 Å². The van der Waals surface area contributed by atoms with Gasteiger partial charge in [-0.25, -0.2) is 15.0 Å². The molecule has 0 fully saturated rings. The molecule has 0 aliphatic rings. The van der Waals surface area contributed by atoms with Gasteiger partial charge in [-0.1, -0.05) is 243 Å². The molecule has 7 nitrogen and oxygen atoms in total. The predicted molar refractivity (Wildman–Crippen MR) is 431 cm³/mol. The second-order valence-electron chi connectivity index (χ2n) is 26.2. The molecule has 0 radical (unpaired) electrons. The highest BCUT2D eigenvalue weighted by Gasteiger charge is 2.24. The molecule has 476 valence electrons. The fourth-order valence-corrected chi connectivity index (χ4v) is 18.4. The third kappa shape index (κ3) is 9.15. The summed E-state index contributed by atoms with van der Waals surface area (Å²) in [5.74, 6) is 2.44. The van der Waals surface area contributed by atoms with Crippen molar-refractivity contribution >= 4 is 150 Å². The summed E-state index contributed by atoms with van der Waals surface area (Å²) in [5, 5.41) is 15.2. The van der Waals surface area contributed by atoms with Crippen molar-refractivity contribution in [3.63, 3.8) is 0 Å². The fraction of sp³-hybridized carbons (Fsp3) is 0. The van der Waals surface area contributed by atoms with E-state index in [0.29, 0.717) is 5.82 Å². The van der Waals surface area contributed by atoms with Crippen LogP contribution in [-0.2, 0) is 0 Å². The number of thiophene rings is 2. The van der Waals surface area contributed by atoms with E-state index < -0.39 is 0 Å². The minimum Gasteiger partial charge on any atom is -0.309 e. The molecule has 102 heavy (non-hydrogen) atoms. The average Bonchev–Trinajstić information content (AvgIpc) is 1.56. The van der Waals surface area contributed by atoms with Gasteiger partial charge >= 0.3 is 0 Å². The number of aromatic nitrogens is 7. The molecule has 8 heterocycles. The Labute approximate surface area is 593 Å². The Morgan fingerprint density at radius 1 is 0.206 bits per heavy atom. The van der Waals surface area contributed by atoms with Gasteiger partial charge in [0.1, 0.15) is 11.6 Å². The van der Waals surface area contributed by atoms with E-state index in [0.717, 1.165) is 78.7 Å². The highest BCUT2D eigenvalue weighted by atomic mass is 32.1. The maximum absolute atomic E-state index is 5.33. The first-order valence-electron chi connectivity index (χ1n) is 34.5. The molecule has 0 N–H and O–H groups in total. The number of rotatable bonds is 8. The zero-order chi connectivity index (χ0) is 66.9. The molecule has 0 amide bonds. The molecule has 22 aromatic rings.